The largest absolute Gasteiger partial charge is 0.490 e. The molecular formula is C15H22N2O2. The van der Waals surface area contributed by atoms with Gasteiger partial charge in [0.2, 0.25) is 0 Å². The fourth-order valence-corrected chi connectivity index (χ4v) is 2.36. The van der Waals surface area contributed by atoms with Crippen LogP contribution >= 0.6 is 0 Å². The number of hydrogen-bond donors (Lipinski definition) is 1. The number of anilines is 1. The molecule has 2 N–H and O–H groups in total. The molecule has 0 saturated heterocycles. The molecule has 0 saturated carbocycles. The number of nitrogens with two attached hydrogens (primary N) is 1. The molecule has 0 aliphatic carbocycles. The van der Waals surface area contributed by atoms with Crippen LogP contribution in [-0.4, -0.2) is 31.5 Å². The zero-order valence-electron chi connectivity index (χ0n) is 11.7. The Hall–Kier alpha value is -1.55. The standard InChI is InChI=1S/C15H22N2O2/c1-11(2)17-8-9-19-15-6-5-12(10-13(15)17)14(18)4-3-7-16/h5-6,10-11H,3-4,7-9,16H2,1-2H3. The molecule has 0 amide bonds. The van der Waals surface area contributed by atoms with Gasteiger partial charge in [0, 0.05) is 18.0 Å². The second-order valence-electron chi connectivity index (χ2n) is 5.13. The summed E-state index contributed by atoms with van der Waals surface area (Å²) in [6.45, 7) is 6.42. The Kier molecular flexibility index (Phi) is 4.43. The second-order valence-corrected chi connectivity index (χ2v) is 5.13. The molecule has 1 aromatic rings. The molecule has 0 unspecified atom stereocenters. The first-order valence-electron chi connectivity index (χ1n) is 6.90. The molecule has 0 radical (unpaired) electrons. The van der Waals surface area contributed by atoms with Gasteiger partial charge in [0.25, 0.3) is 0 Å². The molecule has 0 spiro atoms. The SMILES string of the molecule is CC(C)N1CCOc2ccc(C(=O)CCCN)cc21. The molecule has 0 bridgehead atoms. The van der Waals surface area contributed by atoms with Gasteiger partial charge in [0.1, 0.15) is 12.4 Å². The Morgan fingerprint density at radius 2 is 2.26 bits per heavy atom. The summed E-state index contributed by atoms with van der Waals surface area (Å²) < 4.78 is 5.65. The normalized spacial score (nSPS) is 14.2. The molecule has 4 nitrogen and oxygen atoms in total. The van der Waals surface area contributed by atoms with Crippen molar-refractivity contribution in [1.82, 2.24) is 0 Å². The van der Waals surface area contributed by atoms with Crippen LogP contribution in [0.25, 0.3) is 0 Å². The molecule has 1 aliphatic heterocycles. The van der Waals surface area contributed by atoms with E-state index in [9.17, 15) is 4.79 Å². The van der Waals surface area contributed by atoms with E-state index in [2.05, 4.69) is 18.7 Å². The number of nitrogens with zero attached hydrogens (tertiary/aromatic N) is 1. The average Bonchev–Trinajstić information content (AvgIpc) is 2.43. The van der Waals surface area contributed by atoms with E-state index < -0.39 is 0 Å². The third-order valence-corrected chi connectivity index (χ3v) is 3.41. The predicted molar refractivity (Wildman–Crippen MR) is 77.0 cm³/mol. The van der Waals surface area contributed by atoms with Crippen molar-refractivity contribution in [2.45, 2.75) is 32.7 Å². The summed E-state index contributed by atoms with van der Waals surface area (Å²) in [6, 6.07) is 6.10. The van der Waals surface area contributed by atoms with Gasteiger partial charge < -0.3 is 15.4 Å². The zero-order valence-corrected chi connectivity index (χ0v) is 11.7. The first-order valence-corrected chi connectivity index (χ1v) is 6.90. The minimum absolute atomic E-state index is 0.155. The number of ether oxygens (including phenoxy) is 1. The van der Waals surface area contributed by atoms with Gasteiger partial charge in [-0.25, -0.2) is 0 Å². The van der Waals surface area contributed by atoms with Crippen molar-refractivity contribution in [3.8, 4) is 5.75 Å². The predicted octanol–water partition coefficient (Wildman–Crippen LogP) is 2.22. The molecule has 0 atom stereocenters. The number of rotatable bonds is 5. The summed E-state index contributed by atoms with van der Waals surface area (Å²) in [5.74, 6) is 1.03. The van der Waals surface area contributed by atoms with Crippen molar-refractivity contribution < 1.29 is 9.53 Å². The van der Waals surface area contributed by atoms with Gasteiger partial charge in [-0.3, -0.25) is 4.79 Å². The molecular weight excluding hydrogens is 240 g/mol. The van der Waals surface area contributed by atoms with E-state index >= 15 is 0 Å². The van der Waals surface area contributed by atoms with Crippen LogP contribution in [0.2, 0.25) is 0 Å². The van der Waals surface area contributed by atoms with Crippen LogP contribution in [0, 0.1) is 0 Å². The summed E-state index contributed by atoms with van der Waals surface area (Å²) >= 11 is 0. The van der Waals surface area contributed by atoms with Crippen LogP contribution in [0.1, 0.15) is 37.0 Å². The lowest BCUT2D eigenvalue weighted by molar-refractivity contribution is 0.0980. The molecule has 1 aliphatic rings. The summed E-state index contributed by atoms with van der Waals surface area (Å²) in [7, 11) is 0. The summed E-state index contributed by atoms with van der Waals surface area (Å²) in [6.07, 6.45) is 1.25. The number of carbonyl (C=O) groups excluding carboxylic acids is 1. The number of Topliss-reactive ketones (excluding diaryl/α,β-unsaturated/α-hetero) is 1. The van der Waals surface area contributed by atoms with Gasteiger partial charge in [-0.1, -0.05) is 0 Å². The molecule has 19 heavy (non-hydrogen) atoms. The Morgan fingerprint density at radius 3 is 2.95 bits per heavy atom. The van der Waals surface area contributed by atoms with Crippen molar-refractivity contribution >= 4 is 11.5 Å². The second kappa shape index (κ2) is 6.06. The fraction of sp³-hybridized carbons (Fsp3) is 0.533. The molecule has 0 fully saturated rings. The molecule has 0 aromatic heterocycles. The van der Waals surface area contributed by atoms with Gasteiger partial charge in [-0.05, 0) is 45.0 Å². The van der Waals surface area contributed by atoms with Crippen molar-refractivity contribution in [3.63, 3.8) is 0 Å². The number of ketones is 1. The van der Waals surface area contributed by atoms with Crippen LogP contribution in [-0.2, 0) is 0 Å². The lowest BCUT2D eigenvalue weighted by atomic mass is 10.0. The van der Waals surface area contributed by atoms with Crippen molar-refractivity contribution in [2.24, 2.45) is 5.73 Å². The summed E-state index contributed by atoms with van der Waals surface area (Å²) in [5.41, 5.74) is 7.23. The molecule has 2 rings (SSSR count). The Balaban J connectivity index is 2.25. The highest BCUT2D eigenvalue weighted by Gasteiger charge is 2.21. The summed E-state index contributed by atoms with van der Waals surface area (Å²) in [4.78, 5) is 14.3. The highest BCUT2D eigenvalue weighted by Crippen LogP contribution is 2.34. The first-order chi connectivity index (χ1) is 9.13. The highest BCUT2D eigenvalue weighted by atomic mass is 16.5. The van der Waals surface area contributed by atoms with E-state index in [1.165, 1.54) is 0 Å². The smallest absolute Gasteiger partial charge is 0.163 e. The van der Waals surface area contributed by atoms with E-state index in [1.54, 1.807) is 0 Å². The van der Waals surface area contributed by atoms with Crippen LogP contribution in [0.4, 0.5) is 5.69 Å². The molecule has 1 heterocycles. The quantitative estimate of drug-likeness (QED) is 0.827. The molecule has 4 heteroatoms. The van der Waals surface area contributed by atoms with Crippen LogP contribution in [0.15, 0.2) is 18.2 Å². The van der Waals surface area contributed by atoms with E-state index in [1.807, 2.05) is 18.2 Å². The molecule has 1 aromatic carbocycles. The molecule has 104 valence electrons. The topological polar surface area (TPSA) is 55.6 Å². The van der Waals surface area contributed by atoms with Crippen molar-refractivity contribution in [2.75, 3.05) is 24.6 Å². The van der Waals surface area contributed by atoms with Crippen LogP contribution < -0.4 is 15.4 Å². The van der Waals surface area contributed by atoms with Gasteiger partial charge in [0.05, 0.1) is 12.2 Å². The maximum absolute atomic E-state index is 12.1. The van der Waals surface area contributed by atoms with Gasteiger partial charge in [-0.15, -0.1) is 0 Å². The van der Waals surface area contributed by atoms with E-state index in [-0.39, 0.29) is 5.78 Å². The Labute approximate surface area is 114 Å². The van der Waals surface area contributed by atoms with Gasteiger partial charge in [-0.2, -0.15) is 0 Å². The lowest BCUT2D eigenvalue weighted by Gasteiger charge is -2.34. The minimum atomic E-state index is 0.155. The maximum atomic E-state index is 12.1. The first kappa shape index (κ1) is 13.9. The summed E-state index contributed by atoms with van der Waals surface area (Å²) in [5, 5.41) is 0. The van der Waals surface area contributed by atoms with E-state index in [4.69, 9.17) is 10.5 Å². The van der Waals surface area contributed by atoms with Crippen LogP contribution in [0.5, 0.6) is 5.75 Å². The Bertz CT molecular complexity index is 457. The maximum Gasteiger partial charge on any atom is 0.163 e. The Morgan fingerprint density at radius 1 is 1.47 bits per heavy atom. The highest BCUT2D eigenvalue weighted by molar-refractivity contribution is 5.97. The number of fused-ring (bicyclic) bond motifs is 1. The van der Waals surface area contributed by atoms with Crippen molar-refractivity contribution in [1.29, 1.82) is 0 Å². The number of carbonyl (C=O) groups is 1. The van der Waals surface area contributed by atoms with E-state index in [0.29, 0.717) is 25.6 Å². The average molecular weight is 262 g/mol. The van der Waals surface area contributed by atoms with Crippen molar-refractivity contribution in [3.05, 3.63) is 23.8 Å². The van der Waals surface area contributed by atoms with Crippen LogP contribution in [0.3, 0.4) is 0 Å². The minimum Gasteiger partial charge on any atom is -0.490 e. The fourth-order valence-electron chi connectivity index (χ4n) is 2.36. The number of hydrogen-bond acceptors (Lipinski definition) is 4. The van der Waals surface area contributed by atoms with E-state index in [0.717, 1.165) is 30.0 Å². The van der Waals surface area contributed by atoms with Gasteiger partial charge in [0.15, 0.2) is 5.78 Å². The zero-order chi connectivity index (χ0) is 13.8. The lowest BCUT2D eigenvalue weighted by Crippen LogP contribution is -2.38. The third-order valence-electron chi connectivity index (χ3n) is 3.41. The van der Waals surface area contributed by atoms with Gasteiger partial charge >= 0.3 is 0 Å². The number of benzene rings is 1. The third kappa shape index (κ3) is 3.07. The monoisotopic (exact) mass is 262 g/mol.